The predicted octanol–water partition coefficient (Wildman–Crippen LogP) is -1.21. The smallest absolute Gasteiger partial charge is 0.297 e. The summed E-state index contributed by atoms with van der Waals surface area (Å²) in [5.41, 5.74) is 5.61. The minimum atomic E-state index is -3.51. The first-order chi connectivity index (χ1) is 5.06. The number of sulfonamides is 1. The van der Waals surface area contributed by atoms with E-state index in [1.807, 2.05) is 0 Å². The molecule has 0 aromatic heterocycles. The Morgan fingerprint density at radius 1 is 1.73 bits per heavy atom. The highest BCUT2D eigenvalue weighted by atomic mass is 32.2. The van der Waals surface area contributed by atoms with Gasteiger partial charge >= 0.3 is 0 Å². The van der Waals surface area contributed by atoms with E-state index >= 15 is 0 Å². The van der Waals surface area contributed by atoms with Gasteiger partial charge in [-0.1, -0.05) is 0 Å². The van der Waals surface area contributed by atoms with E-state index in [0.717, 1.165) is 0 Å². The van der Waals surface area contributed by atoms with Gasteiger partial charge in [0.25, 0.3) is 10.0 Å². The third-order valence-electron chi connectivity index (χ3n) is 1.20. The largest absolute Gasteiger partial charge is 0.388 e. The van der Waals surface area contributed by atoms with Gasteiger partial charge in [0, 0.05) is 6.54 Å². The normalized spacial score (nSPS) is 21.2. The number of nitrogens with two attached hydrogens (primary N) is 1. The lowest BCUT2D eigenvalue weighted by atomic mass is 10.4. The zero-order chi connectivity index (χ0) is 8.48. The van der Waals surface area contributed by atoms with E-state index in [2.05, 4.69) is 9.71 Å². The van der Waals surface area contributed by atoms with Crippen molar-refractivity contribution in [3.63, 3.8) is 0 Å². The monoisotopic (exact) mass is 175 g/mol. The number of hydrogen-bond acceptors (Lipinski definition) is 4. The van der Waals surface area contributed by atoms with Crippen molar-refractivity contribution in [1.29, 1.82) is 0 Å². The standard InChI is InChI=1S/C5H9N3O2S/c1-7-3-4-2-5(6)11(9,10)8-4/h2,7H,3,6H2,1H3. The Morgan fingerprint density at radius 3 is 2.73 bits per heavy atom. The summed E-state index contributed by atoms with van der Waals surface area (Å²) in [7, 11) is -1.80. The summed E-state index contributed by atoms with van der Waals surface area (Å²) < 4.78 is 25.1. The van der Waals surface area contributed by atoms with Crippen molar-refractivity contribution < 1.29 is 8.42 Å². The molecule has 1 aliphatic heterocycles. The quantitative estimate of drug-likeness (QED) is 0.551. The average Bonchev–Trinajstić information content (AvgIpc) is 2.08. The molecule has 11 heavy (non-hydrogen) atoms. The van der Waals surface area contributed by atoms with Crippen LogP contribution in [0.25, 0.3) is 0 Å². The van der Waals surface area contributed by atoms with Gasteiger partial charge in [-0.2, -0.15) is 12.8 Å². The van der Waals surface area contributed by atoms with Gasteiger partial charge in [-0.3, -0.25) is 0 Å². The molecular formula is C5H9N3O2S. The summed E-state index contributed by atoms with van der Waals surface area (Å²) in [6, 6.07) is 0. The Bertz CT molecular complexity index is 315. The van der Waals surface area contributed by atoms with Crippen LogP contribution in [0.5, 0.6) is 0 Å². The number of nitrogens with zero attached hydrogens (tertiary/aromatic N) is 1. The van der Waals surface area contributed by atoms with Crippen LogP contribution in [-0.2, 0) is 10.0 Å². The van der Waals surface area contributed by atoms with Gasteiger partial charge in [0.15, 0.2) is 5.03 Å². The highest BCUT2D eigenvalue weighted by molar-refractivity contribution is 7.94. The third-order valence-corrected chi connectivity index (χ3v) is 2.39. The maximum absolute atomic E-state index is 10.8. The molecule has 3 N–H and O–H groups in total. The van der Waals surface area contributed by atoms with Gasteiger partial charge in [-0.15, -0.1) is 0 Å². The van der Waals surface area contributed by atoms with E-state index < -0.39 is 10.0 Å². The fourth-order valence-electron chi connectivity index (χ4n) is 0.737. The van der Waals surface area contributed by atoms with E-state index in [9.17, 15) is 8.42 Å². The topological polar surface area (TPSA) is 84.5 Å². The minimum Gasteiger partial charge on any atom is -0.388 e. The Morgan fingerprint density at radius 2 is 2.36 bits per heavy atom. The molecule has 0 atom stereocenters. The van der Waals surface area contributed by atoms with Crippen LogP contribution >= 0.6 is 0 Å². The van der Waals surface area contributed by atoms with Crippen LogP contribution in [-0.4, -0.2) is 27.7 Å². The second-order valence-electron chi connectivity index (χ2n) is 2.13. The molecule has 1 rings (SSSR count). The maximum Gasteiger partial charge on any atom is 0.297 e. The van der Waals surface area contributed by atoms with Crippen LogP contribution in [0.3, 0.4) is 0 Å². The number of hydrogen-bond donors (Lipinski definition) is 2. The van der Waals surface area contributed by atoms with Gasteiger partial charge in [0.1, 0.15) is 0 Å². The molecular weight excluding hydrogens is 166 g/mol. The summed E-state index contributed by atoms with van der Waals surface area (Å²) in [6.45, 7) is 0.417. The molecule has 5 nitrogen and oxygen atoms in total. The SMILES string of the molecule is CNCC1=NS(=O)(=O)C(N)=C1. The summed E-state index contributed by atoms with van der Waals surface area (Å²) in [5.74, 6) is 0. The molecule has 0 fully saturated rings. The van der Waals surface area contributed by atoms with Gasteiger partial charge in [0.05, 0.1) is 5.71 Å². The zero-order valence-corrected chi connectivity index (χ0v) is 6.85. The van der Waals surface area contributed by atoms with Crippen LogP contribution in [0.1, 0.15) is 0 Å². The Hall–Kier alpha value is -0.880. The van der Waals surface area contributed by atoms with Crippen molar-refractivity contribution in [3.8, 4) is 0 Å². The Balaban J connectivity index is 2.92. The molecule has 0 spiro atoms. The van der Waals surface area contributed by atoms with E-state index in [4.69, 9.17) is 5.73 Å². The first-order valence-corrected chi connectivity index (χ1v) is 4.46. The van der Waals surface area contributed by atoms with Gasteiger partial charge in [0.2, 0.25) is 0 Å². The third kappa shape index (κ3) is 1.58. The van der Waals surface area contributed by atoms with Crippen molar-refractivity contribution in [2.24, 2.45) is 10.1 Å². The average molecular weight is 175 g/mol. The van der Waals surface area contributed by atoms with Crippen molar-refractivity contribution in [1.82, 2.24) is 5.32 Å². The summed E-state index contributed by atoms with van der Waals surface area (Å²) in [4.78, 5) is 0. The van der Waals surface area contributed by atoms with Crippen molar-refractivity contribution in [2.45, 2.75) is 0 Å². The molecule has 0 unspecified atom stereocenters. The molecule has 62 valence electrons. The molecule has 1 heterocycles. The second kappa shape index (κ2) is 2.63. The predicted molar refractivity (Wildman–Crippen MR) is 42.6 cm³/mol. The molecule has 0 amide bonds. The first-order valence-electron chi connectivity index (χ1n) is 3.02. The van der Waals surface area contributed by atoms with Crippen molar-refractivity contribution in [2.75, 3.05) is 13.6 Å². The van der Waals surface area contributed by atoms with Crippen LogP contribution in [0.15, 0.2) is 15.5 Å². The maximum atomic E-state index is 10.8. The van der Waals surface area contributed by atoms with E-state index in [-0.39, 0.29) is 5.03 Å². The van der Waals surface area contributed by atoms with Crippen LogP contribution in [0.2, 0.25) is 0 Å². The van der Waals surface area contributed by atoms with E-state index in [1.165, 1.54) is 6.08 Å². The van der Waals surface area contributed by atoms with Crippen LogP contribution in [0.4, 0.5) is 0 Å². The highest BCUT2D eigenvalue weighted by Gasteiger charge is 2.20. The lowest BCUT2D eigenvalue weighted by Gasteiger charge is -1.90. The van der Waals surface area contributed by atoms with Crippen molar-refractivity contribution in [3.05, 3.63) is 11.1 Å². The molecule has 0 aromatic carbocycles. The lowest BCUT2D eigenvalue weighted by Crippen LogP contribution is -2.15. The lowest BCUT2D eigenvalue weighted by molar-refractivity contribution is 0.604. The molecule has 0 aromatic rings. The number of nitrogens with one attached hydrogen (secondary N) is 1. The van der Waals surface area contributed by atoms with E-state index in [1.54, 1.807) is 7.05 Å². The van der Waals surface area contributed by atoms with Crippen LogP contribution < -0.4 is 11.1 Å². The second-order valence-corrected chi connectivity index (χ2v) is 3.74. The summed E-state index contributed by atoms with van der Waals surface area (Å²) in [5, 5.41) is 2.59. The number of rotatable bonds is 2. The molecule has 0 radical (unpaired) electrons. The van der Waals surface area contributed by atoms with Gasteiger partial charge < -0.3 is 11.1 Å². The fourth-order valence-corrected chi connectivity index (χ4v) is 1.55. The zero-order valence-electron chi connectivity index (χ0n) is 6.03. The molecule has 0 saturated heterocycles. The first kappa shape index (κ1) is 8.22. The Kier molecular flexibility index (Phi) is 1.97. The van der Waals surface area contributed by atoms with E-state index in [0.29, 0.717) is 12.3 Å². The molecule has 6 heteroatoms. The molecule has 0 bridgehead atoms. The van der Waals surface area contributed by atoms with Crippen molar-refractivity contribution >= 4 is 15.7 Å². The fraction of sp³-hybridized carbons (Fsp3) is 0.400. The molecule has 0 saturated carbocycles. The molecule has 1 aliphatic rings. The summed E-state index contributed by atoms with van der Waals surface area (Å²) >= 11 is 0. The highest BCUT2D eigenvalue weighted by Crippen LogP contribution is 2.10. The van der Waals surface area contributed by atoms with Gasteiger partial charge in [-0.25, -0.2) is 0 Å². The molecule has 0 aliphatic carbocycles. The summed E-state index contributed by atoms with van der Waals surface area (Å²) in [6.07, 6.45) is 1.35. The van der Waals surface area contributed by atoms with Crippen LogP contribution in [0, 0.1) is 0 Å². The Labute approximate surface area is 65.0 Å². The minimum absolute atomic E-state index is 0.178. The van der Waals surface area contributed by atoms with Gasteiger partial charge in [-0.05, 0) is 13.1 Å².